The molecule has 3 aromatic heterocycles. The van der Waals surface area contributed by atoms with Crippen LogP contribution in [0.3, 0.4) is 0 Å². The largest absolute Gasteiger partial charge is 0.419 e. The van der Waals surface area contributed by atoms with Gasteiger partial charge in [0.1, 0.15) is 11.6 Å². The third-order valence-corrected chi connectivity index (χ3v) is 5.03. The molecular weight excluding hydrogens is 367 g/mol. The summed E-state index contributed by atoms with van der Waals surface area (Å²) in [6.07, 6.45) is 5.82. The molecule has 0 radical (unpaired) electrons. The molecule has 1 atom stereocenters. The number of alkyl halides is 3. The summed E-state index contributed by atoms with van der Waals surface area (Å²) in [7, 11) is 0. The number of halogens is 3. The van der Waals surface area contributed by atoms with Crippen LogP contribution < -0.4 is 4.90 Å². The molecule has 0 N–H and O–H groups in total. The number of hydrogen-bond acceptors (Lipinski definition) is 4. The van der Waals surface area contributed by atoms with Crippen LogP contribution in [-0.2, 0) is 12.7 Å². The van der Waals surface area contributed by atoms with Gasteiger partial charge in [-0.15, -0.1) is 0 Å². The first-order valence-corrected chi connectivity index (χ1v) is 9.19. The Hall–Kier alpha value is -2.90. The molecule has 1 aliphatic rings. The average Bonchev–Trinajstić information content (AvgIpc) is 3.16. The Morgan fingerprint density at radius 2 is 1.86 bits per heavy atom. The van der Waals surface area contributed by atoms with Crippen molar-refractivity contribution in [1.82, 2.24) is 19.5 Å². The first-order valence-electron chi connectivity index (χ1n) is 9.19. The second-order valence-electron chi connectivity index (χ2n) is 6.93. The lowest BCUT2D eigenvalue weighted by atomic mass is 9.96. The van der Waals surface area contributed by atoms with Crippen molar-refractivity contribution in [2.75, 3.05) is 18.0 Å². The summed E-state index contributed by atoms with van der Waals surface area (Å²) in [5.41, 5.74) is 0.418. The number of nitrogens with zero attached hydrogens (tertiary/aromatic N) is 5. The minimum absolute atomic E-state index is 0.00643. The van der Waals surface area contributed by atoms with Crippen LogP contribution in [0.2, 0.25) is 0 Å². The number of hydrogen-bond donors (Lipinski definition) is 0. The molecule has 1 fully saturated rings. The normalized spacial score (nSPS) is 17.7. The third kappa shape index (κ3) is 3.85. The molecular formula is C20H20F3N5. The lowest BCUT2D eigenvalue weighted by molar-refractivity contribution is -0.137. The molecule has 0 amide bonds. The highest BCUT2D eigenvalue weighted by Gasteiger charge is 2.37. The van der Waals surface area contributed by atoms with E-state index in [1.165, 1.54) is 12.3 Å². The quantitative estimate of drug-likeness (QED) is 0.676. The number of imidazole rings is 1. The van der Waals surface area contributed by atoms with Crippen molar-refractivity contribution in [3.63, 3.8) is 0 Å². The molecule has 4 rings (SSSR count). The molecule has 0 saturated carbocycles. The van der Waals surface area contributed by atoms with E-state index in [0.29, 0.717) is 19.6 Å². The number of piperidine rings is 1. The van der Waals surface area contributed by atoms with Crippen molar-refractivity contribution in [1.29, 1.82) is 0 Å². The zero-order valence-corrected chi connectivity index (χ0v) is 15.2. The van der Waals surface area contributed by atoms with E-state index in [1.807, 2.05) is 18.3 Å². The van der Waals surface area contributed by atoms with Crippen LogP contribution in [0.1, 0.15) is 35.7 Å². The van der Waals surface area contributed by atoms with Gasteiger partial charge in [0.2, 0.25) is 0 Å². The minimum Gasteiger partial charge on any atom is -0.355 e. The number of aromatic nitrogens is 4. The van der Waals surface area contributed by atoms with Gasteiger partial charge in [-0.05, 0) is 42.7 Å². The first kappa shape index (κ1) is 18.5. The zero-order valence-electron chi connectivity index (χ0n) is 15.2. The Kier molecular flexibility index (Phi) is 5.02. The van der Waals surface area contributed by atoms with Crippen LogP contribution in [0.15, 0.2) is 55.2 Å². The van der Waals surface area contributed by atoms with E-state index in [4.69, 9.17) is 0 Å². The fourth-order valence-corrected chi connectivity index (χ4v) is 3.75. The molecule has 1 saturated heterocycles. The second-order valence-corrected chi connectivity index (χ2v) is 6.93. The Balaban J connectivity index is 1.57. The van der Waals surface area contributed by atoms with E-state index in [0.717, 1.165) is 30.3 Å². The summed E-state index contributed by atoms with van der Waals surface area (Å²) >= 11 is 0. The SMILES string of the molecule is FC(F)(F)c1cccnc1N1CCC[C@@H](c2nccn2Cc2ccncc2)C1. The van der Waals surface area contributed by atoms with E-state index >= 15 is 0 Å². The van der Waals surface area contributed by atoms with E-state index in [1.54, 1.807) is 23.5 Å². The van der Waals surface area contributed by atoms with Crippen LogP contribution in [0, 0.1) is 0 Å². The summed E-state index contributed by atoms with van der Waals surface area (Å²) < 4.78 is 42.2. The molecule has 146 valence electrons. The van der Waals surface area contributed by atoms with E-state index < -0.39 is 11.7 Å². The summed E-state index contributed by atoms with van der Waals surface area (Å²) in [4.78, 5) is 14.3. The van der Waals surface area contributed by atoms with Gasteiger partial charge in [-0.3, -0.25) is 4.98 Å². The van der Waals surface area contributed by atoms with Crippen molar-refractivity contribution in [2.45, 2.75) is 31.5 Å². The second kappa shape index (κ2) is 7.61. The van der Waals surface area contributed by atoms with Crippen LogP contribution in [0.25, 0.3) is 0 Å². The van der Waals surface area contributed by atoms with Crippen LogP contribution in [-0.4, -0.2) is 32.6 Å². The molecule has 0 aromatic carbocycles. The third-order valence-electron chi connectivity index (χ3n) is 5.03. The Morgan fingerprint density at radius 3 is 2.64 bits per heavy atom. The predicted molar refractivity (Wildman–Crippen MR) is 99.0 cm³/mol. The van der Waals surface area contributed by atoms with Crippen LogP contribution in [0.4, 0.5) is 19.0 Å². The average molecular weight is 387 g/mol. The Morgan fingerprint density at radius 1 is 1.04 bits per heavy atom. The van der Waals surface area contributed by atoms with Crippen LogP contribution >= 0.6 is 0 Å². The summed E-state index contributed by atoms with van der Waals surface area (Å²) in [6, 6.07) is 6.31. The summed E-state index contributed by atoms with van der Waals surface area (Å²) in [5.74, 6) is 0.951. The van der Waals surface area contributed by atoms with Gasteiger partial charge in [-0.1, -0.05) is 0 Å². The monoisotopic (exact) mass is 387 g/mol. The highest BCUT2D eigenvalue weighted by molar-refractivity contribution is 5.49. The maximum absolute atomic E-state index is 13.4. The molecule has 0 bridgehead atoms. The molecule has 3 aromatic rings. The molecule has 0 spiro atoms. The molecule has 0 aliphatic carbocycles. The van der Waals surface area contributed by atoms with E-state index in [9.17, 15) is 13.2 Å². The van der Waals surface area contributed by atoms with Gasteiger partial charge in [0.15, 0.2) is 0 Å². The molecule has 1 aliphatic heterocycles. The predicted octanol–water partition coefficient (Wildman–Crippen LogP) is 4.12. The van der Waals surface area contributed by atoms with Gasteiger partial charge in [0.05, 0.1) is 5.56 Å². The standard InChI is InChI=1S/C20H20F3N5/c21-20(22,23)17-4-1-7-25-19(17)27-11-2-3-16(14-27)18-26-10-12-28(18)13-15-5-8-24-9-6-15/h1,4-10,12,16H,2-3,11,13-14H2/t16-/m1/s1. The lowest BCUT2D eigenvalue weighted by Crippen LogP contribution is -2.37. The van der Waals surface area contributed by atoms with Gasteiger partial charge in [0.25, 0.3) is 0 Å². The molecule has 0 unspecified atom stereocenters. The summed E-state index contributed by atoms with van der Waals surface area (Å²) in [5, 5.41) is 0. The molecule has 4 heterocycles. The maximum atomic E-state index is 13.4. The summed E-state index contributed by atoms with van der Waals surface area (Å²) in [6.45, 7) is 1.68. The van der Waals surface area contributed by atoms with Crippen molar-refractivity contribution >= 4 is 5.82 Å². The fourth-order valence-electron chi connectivity index (χ4n) is 3.75. The zero-order chi connectivity index (χ0) is 19.6. The molecule has 5 nitrogen and oxygen atoms in total. The lowest BCUT2D eigenvalue weighted by Gasteiger charge is -2.34. The minimum atomic E-state index is -4.42. The number of rotatable bonds is 4. The van der Waals surface area contributed by atoms with E-state index in [-0.39, 0.29) is 11.7 Å². The first-order chi connectivity index (χ1) is 13.5. The fraction of sp³-hybridized carbons (Fsp3) is 0.350. The van der Waals surface area contributed by atoms with E-state index in [2.05, 4.69) is 19.5 Å². The topological polar surface area (TPSA) is 46.8 Å². The van der Waals surface area contributed by atoms with Crippen LogP contribution in [0.5, 0.6) is 0 Å². The highest BCUT2D eigenvalue weighted by Crippen LogP contribution is 2.37. The number of pyridine rings is 2. The maximum Gasteiger partial charge on any atom is 0.419 e. The van der Waals surface area contributed by atoms with Gasteiger partial charge in [-0.2, -0.15) is 13.2 Å². The van der Waals surface area contributed by atoms with Gasteiger partial charge in [0, 0.05) is 56.5 Å². The van der Waals surface area contributed by atoms with Crippen molar-refractivity contribution < 1.29 is 13.2 Å². The van der Waals surface area contributed by atoms with Crippen molar-refractivity contribution in [2.24, 2.45) is 0 Å². The van der Waals surface area contributed by atoms with Gasteiger partial charge >= 0.3 is 6.18 Å². The van der Waals surface area contributed by atoms with Gasteiger partial charge in [-0.25, -0.2) is 9.97 Å². The highest BCUT2D eigenvalue weighted by atomic mass is 19.4. The van der Waals surface area contributed by atoms with Gasteiger partial charge < -0.3 is 9.47 Å². The molecule has 8 heteroatoms. The Bertz CT molecular complexity index is 923. The van der Waals surface area contributed by atoms with Crippen molar-refractivity contribution in [3.05, 3.63) is 72.2 Å². The molecule has 28 heavy (non-hydrogen) atoms. The smallest absolute Gasteiger partial charge is 0.355 e. The number of anilines is 1. The van der Waals surface area contributed by atoms with Crippen molar-refractivity contribution in [3.8, 4) is 0 Å². The Labute approximate surface area is 160 Å².